The van der Waals surface area contributed by atoms with E-state index in [1.165, 1.54) is 25.1 Å². The molecule has 1 amide bonds. The first-order valence-corrected chi connectivity index (χ1v) is 5.02. The lowest BCUT2D eigenvalue weighted by Gasteiger charge is -2.26. The summed E-state index contributed by atoms with van der Waals surface area (Å²) in [6, 6.07) is 3.87. The van der Waals surface area contributed by atoms with Gasteiger partial charge in [-0.25, -0.2) is 0 Å². The van der Waals surface area contributed by atoms with Crippen molar-refractivity contribution in [2.75, 3.05) is 5.32 Å². The molecule has 0 heterocycles. The maximum Gasteiger partial charge on any atom is 0.415 e. The maximum absolute atomic E-state index is 12.5. The van der Waals surface area contributed by atoms with E-state index >= 15 is 0 Å². The molecule has 0 aliphatic heterocycles. The molecule has 1 rings (SSSR count). The molecule has 18 heavy (non-hydrogen) atoms. The Morgan fingerprint density at radius 3 is 2.39 bits per heavy atom. The lowest BCUT2D eigenvalue weighted by molar-refractivity contribution is -0.184. The number of hydrogen-bond acceptors (Lipinski definition) is 3. The summed E-state index contributed by atoms with van der Waals surface area (Å²) in [7, 11) is 0. The molecule has 100 valence electrons. The van der Waals surface area contributed by atoms with Crippen LogP contribution in [0.4, 0.5) is 18.9 Å². The number of phenols is 1. The van der Waals surface area contributed by atoms with Crippen molar-refractivity contribution in [1.29, 1.82) is 0 Å². The molecule has 0 aliphatic rings. The Balaban J connectivity index is 2.95. The van der Waals surface area contributed by atoms with Crippen LogP contribution in [0.5, 0.6) is 5.75 Å². The number of rotatable bonds is 2. The van der Waals surface area contributed by atoms with E-state index in [9.17, 15) is 18.0 Å². The van der Waals surface area contributed by atoms with Crippen molar-refractivity contribution >= 4 is 11.6 Å². The van der Waals surface area contributed by atoms with Gasteiger partial charge in [0.2, 0.25) is 0 Å². The maximum atomic E-state index is 12.5. The third-order valence-electron chi connectivity index (χ3n) is 2.52. The van der Waals surface area contributed by atoms with Crippen molar-refractivity contribution in [2.24, 2.45) is 5.73 Å². The summed E-state index contributed by atoms with van der Waals surface area (Å²) in [4.78, 5) is 11.5. The zero-order valence-corrected chi connectivity index (χ0v) is 9.80. The summed E-state index contributed by atoms with van der Waals surface area (Å²) in [5.74, 6) is -1.40. The van der Waals surface area contributed by atoms with Gasteiger partial charge < -0.3 is 16.2 Å². The van der Waals surface area contributed by atoms with Gasteiger partial charge in [-0.3, -0.25) is 4.79 Å². The summed E-state index contributed by atoms with van der Waals surface area (Å²) in [5.41, 5.74) is 2.60. The molecule has 4 nitrogen and oxygen atoms in total. The summed E-state index contributed by atoms with van der Waals surface area (Å²) < 4.78 is 37.6. The molecule has 1 aromatic rings. The van der Waals surface area contributed by atoms with E-state index in [2.05, 4.69) is 5.32 Å². The third kappa shape index (κ3) is 2.73. The number of halogens is 3. The average molecular weight is 262 g/mol. The smallest absolute Gasteiger partial charge is 0.415 e. The van der Waals surface area contributed by atoms with Crippen LogP contribution in [-0.4, -0.2) is 22.7 Å². The molecule has 0 fully saturated rings. The van der Waals surface area contributed by atoms with E-state index < -0.39 is 17.6 Å². The largest absolute Gasteiger partial charge is 0.508 e. The number of carbonyl (C=O) groups is 1. The standard InChI is InChI=1S/C11H13F3N2O2/c1-6-5-7(17)3-4-8(6)16-9(18)10(2,15)11(12,13)14/h3-5,17H,15H2,1-2H3,(H,16,18). The molecule has 4 N–H and O–H groups in total. The van der Waals surface area contributed by atoms with Gasteiger partial charge in [-0.05, 0) is 37.6 Å². The number of aryl methyl sites for hydroxylation is 1. The van der Waals surface area contributed by atoms with Crippen LogP contribution in [0.25, 0.3) is 0 Å². The van der Waals surface area contributed by atoms with Crippen molar-refractivity contribution in [2.45, 2.75) is 25.6 Å². The number of nitrogens with one attached hydrogen (secondary N) is 1. The number of carbonyl (C=O) groups excluding carboxylic acids is 1. The molecule has 0 spiro atoms. The Bertz CT molecular complexity index is 470. The molecule has 1 atom stereocenters. The van der Waals surface area contributed by atoms with E-state index in [-0.39, 0.29) is 11.4 Å². The third-order valence-corrected chi connectivity index (χ3v) is 2.52. The minimum atomic E-state index is -4.85. The zero-order chi connectivity index (χ0) is 14.1. The Morgan fingerprint density at radius 2 is 1.94 bits per heavy atom. The van der Waals surface area contributed by atoms with Crippen LogP contribution in [0.1, 0.15) is 12.5 Å². The van der Waals surface area contributed by atoms with Gasteiger partial charge >= 0.3 is 6.18 Å². The van der Waals surface area contributed by atoms with E-state index in [1.54, 1.807) is 0 Å². The van der Waals surface area contributed by atoms with E-state index in [4.69, 9.17) is 10.8 Å². The number of amides is 1. The second-order valence-corrected chi connectivity index (χ2v) is 4.15. The van der Waals surface area contributed by atoms with Crippen molar-refractivity contribution in [3.63, 3.8) is 0 Å². The van der Waals surface area contributed by atoms with Crippen molar-refractivity contribution in [3.05, 3.63) is 23.8 Å². The van der Waals surface area contributed by atoms with Crippen molar-refractivity contribution < 1.29 is 23.1 Å². The Labute approximate surface area is 102 Å². The first-order valence-electron chi connectivity index (χ1n) is 5.02. The molecule has 1 unspecified atom stereocenters. The Hall–Kier alpha value is -1.76. The topological polar surface area (TPSA) is 75.3 Å². The minimum Gasteiger partial charge on any atom is -0.508 e. The molecule has 0 saturated heterocycles. The highest BCUT2D eigenvalue weighted by molar-refractivity contribution is 5.98. The minimum absolute atomic E-state index is 0.0446. The van der Waals surface area contributed by atoms with E-state index in [1.807, 2.05) is 0 Å². The normalized spacial score (nSPS) is 15.0. The Kier molecular flexibility index (Phi) is 3.57. The Morgan fingerprint density at radius 1 is 1.39 bits per heavy atom. The molecule has 0 radical (unpaired) electrons. The quantitative estimate of drug-likeness (QED) is 0.713. The van der Waals surface area contributed by atoms with Gasteiger partial charge in [0.05, 0.1) is 0 Å². The predicted octanol–water partition coefficient (Wildman–Crippen LogP) is 1.92. The molecular weight excluding hydrogens is 249 g/mol. The fourth-order valence-electron chi connectivity index (χ4n) is 1.17. The van der Waals surface area contributed by atoms with Crippen LogP contribution in [-0.2, 0) is 4.79 Å². The monoisotopic (exact) mass is 262 g/mol. The summed E-state index contributed by atoms with van der Waals surface area (Å²) in [6.07, 6.45) is -4.85. The number of alkyl halides is 3. The highest BCUT2D eigenvalue weighted by Crippen LogP contribution is 2.29. The zero-order valence-electron chi connectivity index (χ0n) is 9.80. The first-order chi connectivity index (χ1) is 8.05. The predicted molar refractivity (Wildman–Crippen MR) is 60.1 cm³/mol. The van der Waals surface area contributed by atoms with E-state index in [0.717, 1.165) is 0 Å². The van der Waals surface area contributed by atoms with Gasteiger partial charge in [-0.2, -0.15) is 13.2 Å². The highest BCUT2D eigenvalue weighted by atomic mass is 19.4. The number of aromatic hydroxyl groups is 1. The van der Waals surface area contributed by atoms with Gasteiger partial charge in [-0.1, -0.05) is 0 Å². The molecule has 0 aliphatic carbocycles. The van der Waals surface area contributed by atoms with Crippen LogP contribution in [0.3, 0.4) is 0 Å². The number of phenolic OH excluding ortho intramolecular Hbond substituents is 1. The SMILES string of the molecule is Cc1cc(O)ccc1NC(=O)C(C)(N)C(F)(F)F. The molecule has 1 aromatic carbocycles. The van der Waals surface area contributed by atoms with Gasteiger partial charge in [0.1, 0.15) is 5.75 Å². The van der Waals surface area contributed by atoms with E-state index in [0.29, 0.717) is 12.5 Å². The van der Waals surface area contributed by atoms with Crippen LogP contribution < -0.4 is 11.1 Å². The summed E-state index contributed by atoms with van der Waals surface area (Å²) in [5, 5.41) is 11.2. The number of hydrogen-bond donors (Lipinski definition) is 3. The van der Waals surface area contributed by atoms with Crippen molar-refractivity contribution in [3.8, 4) is 5.75 Å². The van der Waals surface area contributed by atoms with Crippen LogP contribution in [0.15, 0.2) is 18.2 Å². The summed E-state index contributed by atoms with van der Waals surface area (Å²) in [6.45, 7) is 2.13. The van der Waals surface area contributed by atoms with Crippen LogP contribution in [0, 0.1) is 6.92 Å². The summed E-state index contributed by atoms with van der Waals surface area (Å²) >= 11 is 0. The average Bonchev–Trinajstić information content (AvgIpc) is 2.20. The fraction of sp³-hybridized carbons (Fsp3) is 0.364. The van der Waals surface area contributed by atoms with Gasteiger partial charge in [-0.15, -0.1) is 0 Å². The molecule has 7 heteroatoms. The molecule has 0 bridgehead atoms. The molecular formula is C11H13F3N2O2. The number of nitrogens with two attached hydrogens (primary N) is 1. The van der Waals surface area contributed by atoms with Crippen LogP contribution in [0.2, 0.25) is 0 Å². The number of benzene rings is 1. The van der Waals surface area contributed by atoms with Gasteiger partial charge in [0.15, 0.2) is 5.54 Å². The van der Waals surface area contributed by atoms with Crippen molar-refractivity contribution in [1.82, 2.24) is 0 Å². The lowest BCUT2D eigenvalue weighted by atomic mass is 10.0. The van der Waals surface area contributed by atoms with Crippen LogP contribution >= 0.6 is 0 Å². The fourth-order valence-corrected chi connectivity index (χ4v) is 1.17. The molecule has 0 saturated carbocycles. The van der Waals surface area contributed by atoms with Gasteiger partial charge in [0.25, 0.3) is 5.91 Å². The number of anilines is 1. The first kappa shape index (κ1) is 14.3. The van der Waals surface area contributed by atoms with Gasteiger partial charge in [0, 0.05) is 5.69 Å². The lowest BCUT2D eigenvalue weighted by Crippen LogP contribution is -2.59. The second kappa shape index (κ2) is 4.49. The second-order valence-electron chi connectivity index (χ2n) is 4.15. The highest BCUT2D eigenvalue weighted by Gasteiger charge is 2.54. The molecule has 0 aromatic heterocycles.